The van der Waals surface area contributed by atoms with Gasteiger partial charge in [0.05, 0.1) is 0 Å². The van der Waals surface area contributed by atoms with Gasteiger partial charge in [-0.3, -0.25) is 4.79 Å². The van der Waals surface area contributed by atoms with Gasteiger partial charge in [-0.25, -0.2) is 4.99 Å². The second-order valence-electron chi connectivity index (χ2n) is 9.79. The van der Waals surface area contributed by atoms with Gasteiger partial charge in [0.1, 0.15) is 5.82 Å². The summed E-state index contributed by atoms with van der Waals surface area (Å²) in [5, 5.41) is 0. The van der Waals surface area contributed by atoms with Crippen molar-refractivity contribution >= 4 is 17.1 Å². The van der Waals surface area contributed by atoms with Crippen LogP contribution >= 0.6 is 0 Å². The van der Waals surface area contributed by atoms with E-state index in [1.54, 1.807) is 6.92 Å². The molecule has 0 saturated heterocycles. The standard InChI is InChI=1S/C32H42N2O/c1-6-8-9-10-11-17-29-23-28(20-18-26-15-12-13-16-26)33-32(34(29)5)31(14-7-2)27-19-21-30(25(4)35)24(3)22-27/h6-8,11,14,17,19,21-23,26H,9-10,12-13,15-16,18,20H2,1-5H3/b8-6?,14-7+,17-11+,32-31+. The molecule has 3 rings (SSSR count). The summed E-state index contributed by atoms with van der Waals surface area (Å²) in [7, 11) is 2.11. The Labute approximate surface area is 212 Å². The molecule has 1 aliphatic carbocycles. The number of benzene rings is 1. The van der Waals surface area contributed by atoms with E-state index in [9.17, 15) is 4.79 Å². The molecule has 3 heteroatoms. The fourth-order valence-corrected chi connectivity index (χ4v) is 5.07. The van der Waals surface area contributed by atoms with E-state index in [1.165, 1.54) is 37.8 Å². The van der Waals surface area contributed by atoms with Crippen LogP contribution in [0.4, 0.5) is 0 Å². The first-order valence-corrected chi connectivity index (χ1v) is 13.2. The maximum absolute atomic E-state index is 12.0. The Morgan fingerprint density at radius 2 is 1.86 bits per heavy atom. The summed E-state index contributed by atoms with van der Waals surface area (Å²) < 4.78 is 0. The van der Waals surface area contributed by atoms with Crippen molar-refractivity contribution in [2.45, 2.75) is 79.1 Å². The molecule has 1 heterocycles. The van der Waals surface area contributed by atoms with Crippen LogP contribution in [-0.2, 0) is 0 Å². The molecule has 1 aliphatic heterocycles. The average molecular weight is 471 g/mol. The Morgan fingerprint density at radius 1 is 1.11 bits per heavy atom. The van der Waals surface area contributed by atoms with Gasteiger partial charge >= 0.3 is 0 Å². The lowest BCUT2D eigenvalue weighted by molar-refractivity contribution is 0.101. The van der Waals surface area contributed by atoms with Crippen molar-refractivity contribution in [1.29, 1.82) is 0 Å². The second kappa shape index (κ2) is 13.2. The number of nitrogens with zero attached hydrogens (tertiary/aromatic N) is 2. The highest BCUT2D eigenvalue weighted by Crippen LogP contribution is 2.33. The monoisotopic (exact) mass is 470 g/mol. The highest BCUT2D eigenvalue weighted by Gasteiger charge is 2.21. The maximum Gasteiger partial charge on any atom is 0.160 e. The summed E-state index contributed by atoms with van der Waals surface area (Å²) in [5.41, 5.74) is 6.29. The minimum absolute atomic E-state index is 0.101. The topological polar surface area (TPSA) is 32.7 Å². The van der Waals surface area contributed by atoms with Gasteiger partial charge in [-0.05, 0) is 82.6 Å². The van der Waals surface area contributed by atoms with Gasteiger partial charge in [-0.1, -0.05) is 74.3 Å². The SMILES string of the molecule is CC=CCC/C=C/C1=CC(CCC2CCCC2)=N/C(=C(/C=C/C)c2ccc(C(C)=O)c(C)c2)N1C. The van der Waals surface area contributed by atoms with Gasteiger partial charge in [0.25, 0.3) is 0 Å². The minimum atomic E-state index is 0.101. The third-order valence-electron chi connectivity index (χ3n) is 7.07. The zero-order chi connectivity index (χ0) is 25.2. The van der Waals surface area contributed by atoms with Crippen molar-refractivity contribution in [3.05, 3.63) is 88.9 Å². The quantitative estimate of drug-likeness (QED) is 0.195. The Morgan fingerprint density at radius 3 is 2.51 bits per heavy atom. The number of carbonyl (C=O) groups is 1. The van der Waals surface area contributed by atoms with Crippen molar-refractivity contribution < 1.29 is 4.79 Å². The summed E-state index contributed by atoms with van der Waals surface area (Å²) in [6, 6.07) is 6.12. The molecule has 2 aliphatic rings. The Kier molecular flexibility index (Phi) is 10.1. The van der Waals surface area contributed by atoms with Crippen molar-refractivity contribution in [2.24, 2.45) is 10.9 Å². The molecule has 1 aromatic carbocycles. The largest absolute Gasteiger partial charge is 0.329 e. The smallest absolute Gasteiger partial charge is 0.160 e. The van der Waals surface area contributed by atoms with Crippen molar-refractivity contribution in [3.63, 3.8) is 0 Å². The summed E-state index contributed by atoms with van der Waals surface area (Å²) in [5.74, 6) is 1.91. The molecule has 0 N–H and O–H groups in total. The predicted molar refractivity (Wildman–Crippen MR) is 151 cm³/mol. The first-order chi connectivity index (χ1) is 16.9. The van der Waals surface area contributed by atoms with E-state index in [-0.39, 0.29) is 5.78 Å². The highest BCUT2D eigenvalue weighted by molar-refractivity contribution is 5.99. The van der Waals surface area contributed by atoms with Gasteiger partial charge in [-0.15, -0.1) is 0 Å². The van der Waals surface area contributed by atoms with Crippen LogP contribution in [0.15, 0.2) is 77.2 Å². The summed E-state index contributed by atoms with van der Waals surface area (Å²) in [6.07, 6.45) is 25.1. The van der Waals surface area contributed by atoms with E-state index >= 15 is 0 Å². The van der Waals surface area contributed by atoms with Gasteiger partial charge < -0.3 is 4.90 Å². The summed E-state index contributed by atoms with van der Waals surface area (Å²) >= 11 is 0. The average Bonchev–Trinajstić information content (AvgIpc) is 3.36. The lowest BCUT2D eigenvalue weighted by Gasteiger charge is -2.28. The van der Waals surface area contributed by atoms with Crippen molar-refractivity contribution in [3.8, 4) is 0 Å². The Balaban J connectivity index is 2.01. The van der Waals surface area contributed by atoms with E-state index in [1.807, 2.05) is 19.9 Å². The molecule has 0 radical (unpaired) electrons. The molecule has 186 valence electrons. The molecule has 0 amide bonds. The first-order valence-electron chi connectivity index (χ1n) is 13.2. The molecular weight excluding hydrogens is 428 g/mol. The number of unbranched alkanes of at least 4 members (excludes halogenated alkanes) is 1. The molecule has 0 bridgehead atoms. The summed E-state index contributed by atoms with van der Waals surface area (Å²) in [4.78, 5) is 19.4. The Hall–Kier alpha value is -2.94. The normalized spacial score (nSPS) is 18.7. The third-order valence-corrected chi connectivity index (χ3v) is 7.07. The highest BCUT2D eigenvalue weighted by atomic mass is 16.1. The van der Waals surface area contributed by atoms with Gasteiger partial charge in [0.2, 0.25) is 0 Å². The number of allylic oxidation sites excluding steroid dienone is 8. The fourth-order valence-electron chi connectivity index (χ4n) is 5.07. The van der Waals surface area contributed by atoms with Crippen LogP contribution in [-0.4, -0.2) is 23.4 Å². The first kappa shape index (κ1) is 26.7. The second-order valence-corrected chi connectivity index (χ2v) is 9.79. The number of aryl methyl sites for hydroxylation is 1. The van der Waals surface area contributed by atoms with Crippen LogP contribution in [0, 0.1) is 12.8 Å². The molecule has 1 fully saturated rings. The van der Waals surface area contributed by atoms with Crippen LogP contribution in [0.1, 0.15) is 93.6 Å². The molecular formula is C32H42N2O. The molecule has 0 aromatic heterocycles. The Bertz CT molecular complexity index is 1070. The number of likely N-dealkylation sites (N-methyl/N-ethyl adjacent to an activating group) is 1. The van der Waals surface area contributed by atoms with E-state index in [0.717, 1.165) is 59.0 Å². The fraction of sp³-hybridized carbons (Fsp3) is 0.438. The molecule has 3 nitrogen and oxygen atoms in total. The molecule has 35 heavy (non-hydrogen) atoms. The molecule has 1 aromatic rings. The van der Waals surface area contributed by atoms with Gasteiger partial charge in [0, 0.05) is 29.6 Å². The minimum Gasteiger partial charge on any atom is -0.329 e. The van der Waals surface area contributed by atoms with Crippen molar-refractivity contribution in [1.82, 2.24) is 4.90 Å². The van der Waals surface area contributed by atoms with E-state index in [4.69, 9.17) is 4.99 Å². The van der Waals surface area contributed by atoms with Crippen LogP contribution < -0.4 is 0 Å². The van der Waals surface area contributed by atoms with Crippen LogP contribution in [0.5, 0.6) is 0 Å². The van der Waals surface area contributed by atoms with Crippen molar-refractivity contribution in [2.75, 3.05) is 7.05 Å². The molecule has 1 saturated carbocycles. The molecule has 0 atom stereocenters. The number of hydrogen-bond donors (Lipinski definition) is 0. The molecule has 0 unspecified atom stereocenters. The summed E-state index contributed by atoms with van der Waals surface area (Å²) in [6.45, 7) is 7.75. The van der Waals surface area contributed by atoms with E-state index in [0.29, 0.717) is 0 Å². The maximum atomic E-state index is 12.0. The zero-order valence-electron chi connectivity index (χ0n) is 22.3. The number of aliphatic imine (C=N–C) groups is 1. The number of carbonyl (C=O) groups excluding carboxylic acids is 1. The van der Waals surface area contributed by atoms with Crippen LogP contribution in [0.25, 0.3) is 5.57 Å². The number of rotatable bonds is 10. The third kappa shape index (κ3) is 7.27. The predicted octanol–water partition coefficient (Wildman–Crippen LogP) is 8.60. The molecule has 0 spiro atoms. The van der Waals surface area contributed by atoms with Crippen LogP contribution in [0.3, 0.4) is 0 Å². The van der Waals surface area contributed by atoms with Gasteiger partial charge in [-0.2, -0.15) is 0 Å². The number of Topliss-reactive ketones (excluding diaryl/α,β-unsaturated/α-hetero) is 1. The number of ketones is 1. The van der Waals surface area contributed by atoms with E-state index < -0.39 is 0 Å². The zero-order valence-corrected chi connectivity index (χ0v) is 22.3. The van der Waals surface area contributed by atoms with Crippen LogP contribution in [0.2, 0.25) is 0 Å². The van der Waals surface area contributed by atoms with E-state index in [2.05, 4.69) is 73.5 Å². The lowest BCUT2D eigenvalue weighted by atomic mass is 9.96. The van der Waals surface area contributed by atoms with Gasteiger partial charge in [0.15, 0.2) is 5.78 Å². The lowest BCUT2D eigenvalue weighted by Crippen LogP contribution is -2.22. The number of hydrogen-bond acceptors (Lipinski definition) is 3.